The molecule has 1 aromatic rings. The molecule has 7 nitrogen and oxygen atoms in total. The molecule has 0 spiro atoms. The Hall–Kier alpha value is -2.12. The summed E-state index contributed by atoms with van der Waals surface area (Å²) in [4.78, 5) is 49.8. The lowest BCUT2D eigenvalue weighted by Crippen LogP contribution is -2.37. The number of halogens is 2. The average Bonchev–Trinajstić information content (AvgIpc) is 2.92. The first-order valence-electron chi connectivity index (χ1n) is 9.05. The highest BCUT2D eigenvalue weighted by Gasteiger charge is 2.48. The molecule has 1 aliphatic heterocycles. The van der Waals surface area contributed by atoms with E-state index in [2.05, 4.69) is 5.32 Å². The minimum atomic E-state index is -0.822. The number of ether oxygens (including phenoxy) is 1. The van der Waals surface area contributed by atoms with Gasteiger partial charge in [0.05, 0.1) is 27.6 Å². The molecule has 2 fully saturated rings. The van der Waals surface area contributed by atoms with Gasteiger partial charge in [0.1, 0.15) is 6.54 Å². The number of likely N-dealkylation sites (tertiary alicyclic amines) is 1. The zero-order valence-corrected chi connectivity index (χ0v) is 16.8. The quantitative estimate of drug-likeness (QED) is 0.576. The van der Waals surface area contributed by atoms with Crippen LogP contribution in [0.2, 0.25) is 10.0 Å². The zero-order chi connectivity index (χ0) is 20.4. The number of rotatable bonds is 5. The molecule has 2 aliphatic rings. The van der Waals surface area contributed by atoms with Crippen LogP contribution in [0.3, 0.4) is 0 Å². The van der Waals surface area contributed by atoms with E-state index in [-0.39, 0.29) is 34.4 Å². The first kappa shape index (κ1) is 20.6. The second-order valence-corrected chi connectivity index (χ2v) is 7.81. The molecule has 1 aliphatic carbocycles. The van der Waals surface area contributed by atoms with Crippen LogP contribution in [0.4, 0.5) is 5.69 Å². The smallest absolute Gasteiger partial charge is 0.326 e. The molecule has 0 bridgehead atoms. The van der Waals surface area contributed by atoms with Crippen LogP contribution in [-0.4, -0.2) is 41.7 Å². The van der Waals surface area contributed by atoms with Crippen molar-refractivity contribution in [3.8, 4) is 0 Å². The largest absolute Gasteiger partial charge is 0.454 e. The predicted octanol–water partition coefficient (Wildman–Crippen LogP) is 2.96. The molecule has 1 saturated carbocycles. The summed E-state index contributed by atoms with van der Waals surface area (Å²) >= 11 is 12.1. The number of carbonyl (C=O) groups excluding carboxylic acids is 4. The van der Waals surface area contributed by atoms with Gasteiger partial charge in [-0.25, -0.2) is 0 Å². The van der Waals surface area contributed by atoms with E-state index < -0.39 is 25.0 Å². The molecule has 150 valence electrons. The van der Waals surface area contributed by atoms with E-state index in [1.807, 2.05) is 0 Å². The zero-order valence-electron chi connectivity index (χ0n) is 15.3. The number of esters is 1. The van der Waals surface area contributed by atoms with Crippen LogP contribution in [0.15, 0.2) is 12.1 Å². The number of amides is 3. The van der Waals surface area contributed by atoms with Crippen molar-refractivity contribution >= 4 is 52.6 Å². The number of hydrogen-bond acceptors (Lipinski definition) is 5. The Bertz CT molecular complexity index is 818. The van der Waals surface area contributed by atoms with E-state index in [1.165, 1.54) is 0 Å². The third-order valence-corrected chi connectivity index (χ3v) is 5.93. The van der Waals surface area contributed by atoms with Gasteiger partial charge in [0.15, 0.2) is 6.61 Å². The fraction of sp³-hybridized carbons (Fsp3) is 0.474. The van der Waals surface area contributed by atoms with Crippen LogP contribution < -0.4 is 5.32 Å². The van der Waals surface area contributed by atoms with Crippen molar-refractivity contribution in [1.82, 2.24) is 4.90 Å². The number of imide groups is 1. The van der Waals surface area contributed by atoms with Crippen LogP contribution >= 0.6 is 23.2 Å². The molecule has 3 rings (SSSR count). The van der Waals surface area contributed by atoms with Crippen LogP contribution in [-0.2, 0) is 23.9 Å². The van der Waals surface area contributed by atoms with Gasteiger partial charge in [-0.05, 0) is 31.4 Å². The summed E-state index contributed by atoms with van der Waals surface area (Å²) in [6.07, 6.45) is 3.15. The van der Waals surface area contributed by atoms with Crippen molar-refractivity contribution in [3.63, 3.8) is 0 Å². The van der Waals surface area contributed by atoms with Crippen LogP contribution in [0.1, 0.15) is 31.2 Å². The summed E-state index contributed by atoms with van der Waals surface area (Å²) in [6.45, 7) is 0.697. The van der Waals surface area contributed by atoms with Crippen LogP contribution in [0.5, 0.6) is 0 Å². The maximum Gasteiger partial charge on any atom is 0.326 e. The second-order valence-electron chi connectivity index (χ2n) is 7.02. The number of carbonyl (C=O) groups is 4. The van der Waals surface area contributed by atoms with Crippen LogP contribution in [0.25, 0.3) is 0 Å². The summed E-state index contributed by atoms with van der Waals surface area (Å²) in [6, 6.07) is 3.30. The fourth-order valence-corrected chi connectivity index (χ4v) is 4.12. The van der Waals surface area contributed by atoms with Gasteiger partial charge in [0.2, 0.25) is 11.8 Å². The maximum absolute atomic E-state index is 12.4. The first-order valence-corrected chi connectivity index (χ1v) is 9.80. The summed E-state index contributed by atoms with van der Waals surface area (Å²) in [5, 5.41) is 3.05. The van der Waals surface area contributed by atoms with Gasteiger partial charge in [0.25, 0.3) is 5.91 Å². The number of nitrogens with one attached hydrogen (secondary N) is 1. The van der Waals surface area contributed by atoms with Gasteiger partial charge in [0, 0.05) is 0 Å². The van der Waals surface area contributed by atoms with E-state index >= 15 is 0 Å². The number of anilines is 1. The standard InChI is InChI=1S/C19H20Cl2N2O5/c1-10-6-7-13(20)17(16(10)21)22-14(24)9-28-15(25)8-23-18(26)11-4-2-3-5-12(11)19(23)27/h6-7,11-12H,2-5,8-9H2,1H3,(H,22,24)/t11-,12+. The average molecular weight is 427 g/mol. The number of nitrogens with zero attached hydrogens (tertiary/aromatic N) is 1. The van der Waals surface area contributed by atoms with E-state index in [1.54, 1.807) is 19.1 Å². The molecule has 2 atom stereocenters. The molecule has 3 amide bonds. The Morgan fingerprint density at radius 1 is 1.14 bits per heavy atom. The number of fused-ring (bicyclic) bond motifs is 1. The Kier molecular flexibility index (Phi) is 6.25. The molecule has 1 aromatic carbocycles. The third-order valence-electron chi connectivity index (χ3n) is 5.13. The fourth-order valence-electron chi connectivity index (χ4n) is 3.65. The van der Waals surface area contributed by atoms with Gasteiger partial charge >= 0.3 is 5.97 Å². The van der Waals surface area contributed by atoms with Gasteiger partial charge < -0.3 is 10.1 Å². The third kappa shape index (κ3) is 4.15. The minimum Gasteiger partial charge on any atom is -0.454 e. The molecule has 1 heterocycles. The molecule has 28 heavy (non-hydrogen) atoms. The number of aryl methyl sites for hydroxylation is 1. The normalized spacial score (nSPS) is 21.5. The summed E-state index contributed by atoms with van der Waals surface area (Å²) in [7, 11) is 0. The number of hydrogen-bond donors (Lipinski definition) is 1. The highest BCUT2D eigenvalue weighted by Crippen LogP contribution is 2.38. The number of benzene rings is 1. The van der Waals surface area contributed by atoms with Crippen molar-refractivity contribution < 1.29 is 23.9 Å². The Morgan fingerprint density at radius 2 is 1.75 bits per heavy atom. The van der Waals surface area contributed by atoms with Crippen molar-refractivity contribution in [2.45, 2.75) is 32.6 Å². The molecule has 0 radical (unpaired) electrons. The lowest BCUT2D eigenvalue weighted by atomic mass is 9.81. The van der Waals surface area contributed by atoms with Gasteiger partial charge in [-0.3, -0.25) is 24.1 Å². The summed E-state index contributed by atoms with van der Waals surface area (Å²) in [5.41, 5.74) is 0.962. The Balaban J connectivity index is 1.53. The van der Waals surface area contributed by atoms with E-state index in [0.717, 1.165) is 23.3 Å². The Morgan fingerprint density at radius 3 is 2.36 bits per heavy atom. The van der Waals surface area contributed by atoms with E-state index in [4.69, 9.17) is 27.9 Å². The lowest BCUT2D eigenvalue weighted by Gasteiger charge is -2.19. The van der Waals surface area contributed by atoms with Crippen LogP contribution in [0, 0.1) is 18.8 Å². The Labute approximate surface area is 172 Å². The predicted molar refractivity (Wildman–Crippen MR) is 103 cm³/mol. The van der Waals surface area contributed by atoms with Gasteiger partial charge in [-0.2, -0.15) is 0 Å². The van der Waals surface area contributed by atoms with Crippen molar-refractivity contribution in [3.05, 3.63) is 27.7 Å². The first-order chi connectivity index (χ1) is 13.3. The van der Waals surface area contributed by atoms with Crippen molar-refractivity contribution in [2.24, 2.45) is 11.8 Å². The SMILES string of the molecule is Cc1ccc(Cl)c(NC(=O)COC(=O)CN2C(=O)[C@H]3CCCC[C@H]3C2=O)c1Cl. The van der Waals surface area contributed by atoms with Gasteiger partial charge in [-0.1, -0.05) is 42.1 Å². The van der Waals surface area contributed by atoms with Gasteiger partial charge in [-0.15, -0.1) is 0 Å². The van der Waals surface area contributed by atoms with E-state index in [9.17, 15) is 19.2 Å². The summed E-state index contributed by atoms with van der Waals surface area (Å²) in [5.74, 6) is -2.76. The minimum absolute atomic E-state index is 0.235. The molecular formula is C19H20Cl2N2O5. The highest BCUT2D eigenvalue weighted by molar-refractivity contribution is 6.40. The maximum atomic E-state index is 12.4. The lowest BCUT2D eigenvalue weighted by molar-refractivity contribution is -0.154. The monoisotopic (exact) mass is 426 g/mol. The molecular weight excluding hydrogens is 407 g/mol. The molecule has 1 saturated heterocycles. The van der Waals surface area contributed by atoms with Crippen molar-refractivity contribution in [1.29, 1.82) is 0 Å². The van der Waals surface area contributed by atoms with E-state index in [0.29, 0.717) is 17.9 Å². The highest BCUT2D eigenvalue weighted by atomic mass is 35.5. The molecule has 9 heteroatoms. The van der Waals surface area contributed by atoms with Crippen molar-refractivity contribution in [2.75, 3.05) is 18.5 Å². The molecule has 1 N–H and O–H groups in total. The summed E-state index contributed by atoms with van der Waals surface area (Å²) < 4.78 is 4.91. The topological polar surface area (TPSA) is 92.8 Å². The second kappa shape index (κ2) is 8.49. The molecule has 0 unspecified atom stereocenters. The molecule has 0 aromatic heterocycles.